The van der Waals surface area contributed by atoms with E-state index in [9.17, 15) is 4.79 Å². The van der Waals surface area contributed by atoms with Crippen molar-refractivity contribution >= 4 is 11.9 Å². The highest BCUT2D eigenvalue weighted by Gasteiger charge is 2.17. The topological polar surface area (TPSA) is 76.6 Å². The molecule has 2 N–H and O–H groups in total. The van der Waals surface area contributed by atoms with Gasteiger partial charge in [0.05, 0.1) is 18.4 Å². The number of carbonyl (C=O) groups excluding carboxylic acids is 1. The van der Waals surface area contributed by atoms with Gasteiger partial charge in [-0.25, -0.2) is 9.98 Å². The van der Waals surface area contributed by atoms with E-state index < -0.39 is 0 Å². The van der Waals surface area contributed by atoms with Crippen LogP contribution in [0.25, 0.3) is 11.3 Å². The van der Waals surface area contributed by atoms with Gasteiger partial charge in [0, 0.05) is 26.7 Å². The lowest BCUT2D eigenvalue weighted by atomic mass is 10.1. The number of benzene rings is 1. The highest BCUT2D eigenvalue weighted by atomic mass is 16.2. The van der Waals surface area contributed by atoms with Crippen molar-refractivity contribution in [1.29, 1.82) is 0 Å². The van der Waals surface area contributed by atoms with Crippen molar-refractivity contribution in [2.24, 2.45) is 4.99 Å². The number of aliphatic imine (C=N–C) groups is 1. The van der Waals surface area contributed by atoms with E-state index in [0.29, 0.717) is 12.5 Å². The monoisotopic (exact) mass is 382 g/mol. The second-order valence-electron chi connectivity index (χ2n) is 7.08. The Morgan fingerprint density at radius 3 is 2.71 bits per heavy atom. The van der Waals surface area contributed by atoms with Gasteiger partial charge in [-0.1, -0.05) is 30.3 Å². The molecule has 150 valence electrons. The van der Waals surface area contributed by atoms with E-state index in [4.69, 9.17) is 0 Å². The minimum absolute atomic E-state index is 0.105. The van der Waals surface area contributed by atoms with Crippen molar-refractivity contribution < 1.29 is 4.79 Å². The molecule has 0 radical (unpaired) electrons. The zero-order valence-electron chi connectivity index (χ0n) is 16.8. The van der Waals surface area contributed by atoms with Gasteiger partial charge >= 0.3 is 0 Å². The largest absolute Gasteiger partial charge is 0.357 e. The van der Waals surface area contributed by atoms with E-state index in [0.717, 1.165) is 49.6 Å². The summed E-state index contributed by atoms with van der Waals surface area (Å²) in [4.78, 5) is 28.7. The number of likely N-dealkylation sites (tertiary alicyclic amines) is 1. The van der Waals surface area contributed by atoms with Gasteiger partial charge in [0.1, 0.15) is 12.4 Å². The third-order valence-electron chi connectivity index (χ3n) is 4.87. The number of hydrogen-bond acceptors (Lipinski definition) is 3. The van der Waals surface area contributed by atoms with Crippen LogP contribution in [0.2, 0.25) is 0 Å². The SMILES string of the molecule is CCNC(=NCC(=O)N1CCCCC1)N(C)Cc1ncc(-c2ccccc2)[nH]1. The molecule has 0 bridgehead atoms. The normalized spacial score (nSPS) is 14.8. The predicted molar refractivity (Wildman–Crippen MR) is 112 cm³/mol. The Bertz CT molecular complexity index is 779. The summed E-state index contributed by atoms with van der Waals surface area (Å²) in [6.45, 7) is 5.24. The van der Waals surface area contributed by atoms with Crippen molar-refractivity contribution in [3.63, 3.8) is 0 Å². The van der Waals surface area contributed by atoms with Crippen LogP contribution in [0.4, 0.5) is 0 Å². The van der Waals surface area contributed by atoms with Crippen LogP contribution in [-0.4, -0.2) is 64.9 Å². The molecule has 3 rings (SSSR count). The number of H-pyrrole nitrogens is 1. The molecule has 7 nitrogen and oxygen atoms in total. The summed E-state index contributed by atoms with van der Waals surface area (Å²) in [6.07, 6.45) is 5.25. The van der Waals surface area contributed by atoms with Gasteiger partial charge < -0.3 is 20.1 Å². The third-order valence-corrected chi connectivity index (χ3v) is 4.87. The van der Waals surface area contributed by atoms with Gasteiger partial charge in [-0.15, -0.1) is 0 Å². The third kappa shape index (κ3) is 5.34. The Morgan fingerprint density at radius 2 is 2.00 bits per heavy atom. The summed E-state index contributed by atoms with van der Waals surface area (Å²) < 4.78 is 0. The van der Waals surface area contributed by atoms with Gasteiger partial charge in [-0.05, 0) is 31.7 Å². The average Bonchev–Trinajstić information content (AvgIpc) is 3.20. The quantitative estimate of drug-likeness (QED) is 0.594. The van der Waals surface area contributed by atoms with Crippen molar-refractivity contribution in [3.8, 4) is 11.3 Å². The molecule has 1 saturated heterocycles. The van der Waals surface area contributed by atoms with Crippen LogP contribution < -0.4 is 5.32 Å². The number of carbonyl (C=O) groups is 1. The number of aromatic amines is 1. The molecule has 2 heterocycles. The number of amides is 1. The van der Waals surface area contributed by atoms with E-state index in [1.807, 2.05) is 48.2 Å². The molecule has 1 aromatic carbocycles. The van der Waals surface area contributed by atoms with Crippen LogP contribution in [0.1, 0.15) is 32.0 Å². The molecular weight excluding hydrogens is 352 g/mol. The molecule has 0 aliphatic carbocycles. The Balaban J connectivity index is 1.61. The minimum atomic E-state index is 0.105. The van der Waals surface area contributed by atoms with E-state index in [-0.39, 0.29) is 12.5 Å². The summed E-state index contributed by atoms with van der Waals surface area (Å²) in [5.74, 6) is 1.67. The van der Waals surface area contributed by atoms with Crippen molar-refractivity contribution in [2.75, 3.05) is 33.2 Å². The van der Waals surface area contributed by atoms with Gasteiger partial charge in [0.2, 0.25) is 5.91 Å². The average molecular weight is 383 g/mol. The maximum Gasteiger partial charge on any atom is 0.244 e. The Labute approximate surface area is 166 Å². The first kappa shape index (κ1) is 19.9. The molecule has 0 unspecified atom stereocenters. The van der Waals surface area contributed by atoms with E-state index in [1.165, 1.54) is 6.42 Å². The molecule has 0 saturated carbocycles. The van der Waals surface area contributed by atoms with Gasteiger partial charge in [-0.3, -0.25) is 4.79 Å². The molecule has 1 amide bonds. The molecule has 2 aromatic rings. The Hall–Kier alpha value is -2.83. The van der Waals surface area contributed by atoms with Crippen LogP contribution in [-0.2, 0) is 11.3 Å². The first-order chi connectivity index (χ1) is 13.7. The Kier molecular flexibility index (Phi) is 7.06. The summed E-state index contributed by atoms with van der Waals surface area (Å²) in [5.41, 5.74) is 2.10. The zero-order chi connectivity index (χ0) is 19.8. The molecule has 1 fully saturated rings. The lowest BCUT2D eigenvalue weighted by Crippen LogP contribution is -2.41. The number of hydrogen-bond donors (Lipinski definition) is 2. The second-order valence-corrected chi connectivity index (χ2v) is 7.08. The van der Waals surface area contributed by atoms with Crippen molar-refractivity contribution in [3.05, 3.63) is 42.4 Å². The molecule has 1 aliphatic rings. The van der Waals surface area contributed by atoms with Gasteiger partial charge in [0.15, 0.2) is 5.96 Å². The van der Waals surface area contributed by atoms with Crippen LogP contribution in [0, 0.1) is 0 Å². The predicted octanol–water partition coefficient (Wildman–Crippen LogP) is 2.49. The van der Waals surface area contributed by atoms with Crippen LogP contribution in [0.3, 0.4) is 0 Å². The molecule has 1 aromatic heterocycles. The highest BCUT2D eigenvalue weighted by molar-refractivity contribution is 5.85. The lowest BCUT2D eigenvalue weighted by Gasteiger charge is -2.26. The lowest BCUT2D eigenvalue weighted by molar-refractivity contribution is -0.130. The maximum atomic E-state index is 12.4. The highest BCUT2D eigenvalue weighted by Crippen LogP contribution is 2.16. The fourth-order valence-electron chi connectivity index (χ4n) is 3.36. The van der Waals surface area contributed by atoms with Crippen LogP contribution in [0.15, 0.2) is 41.5 Å². The molecule has 1 aliphatic heterocycles. The zero-order valence-corrected chi connectivity index (χ0v) is 16.8. The molecule has 0 spiro atoms. The summed E-state index contributed by atoms with van der Waals surface area (Å²) in [6, 6.07) is 10.1. The van der Waals surface area contributed by atoms with Gasteiger partial charge in [-0.2, -0.15) is 0 Å². The Morgan fingerprint density at radius 1 is 1.25 bits per heavy atom. The summed E-state index contributed by atoms with van der Waals surface area (Å²) in [7, 11) is 1.96. The van der Waals surface area contributed by atoms with Crippen molar-refractivity contribution in [2.45, 2.75) is 32.7 Å². The van der Waals surface area contributed by atoms with E-state index in [2.05, 4.69) is 32.4 Å². The number of nitrogens with zero attached hydrogens (tertiary/aromatic N) is 4. The number of piperidine rings is 1. The number of aromatic nitrogens is 2. The fraction of sp³-hybridized carbons (Fsp3) is 0.476. The fourth-order valence-corrected chi connectivity index (χ4v) is 3.36. The second kappa shape index (κ2) is 9.92. The van der Waals surface area contributed by atoms with E-state index >= 15 is 0 Å². The maximum absolute atomic E-state index is 12.4. The smallest absolute Gasteiger partial charge is 0.244 e. The first-order valence-electron chi connectivity index (χ1n) is 10.0. The molecule has 28 heavy (non-hydrogen) atoms. The van der Waals surface area contributed by atoms with Gasteiger partial charge in [0.25, 0.3) is 0 Å². The van der Waals surface area contributed by atoms with Crippen molar-refractivity contribution in [1.82, 2.24) is 25.1 Å². The number of rotatable bonds is 6. The molecule has 0 atom stereocenters. The number of guanidine groups is 1. The van der Waals surface area contributed by atoms with Crippen LogP contribution in [0.5, 0.6) is 0 Å². The van der Waals surface area contributed by atoms with Crippen LogP contribution >= 0.6 is 0 Å². The summed E-state index contributed by atoms with van der Waals surface area (Å²) in [5, 5.41) is 3.26. The standard InChI is InChI=1S/C21H30N6O/c1-3-22-21(24-15-20(28)27-12-8-5-9-13-27)26(2)16-19-23-14-18(25-19)17-10-6-4-7-11-17/h4,6-7,10-11,14H,3,5,8-9,12-13,15-16H2,1-2H3,(H,22,24)(H,23,25). The number of nitrogens with one attached hydrogen (secondary N) is 2. The minimum Gasteiger partial charge on any atom is -0.357 e. The number of imidazole rings is 1. The molecular formula is C21H30N6O. The summed E-state index contributed by atoms with van der Waals surface area (Å²) >= 11 is 0. The first-order valence-corrected chi connectivity index (χ1v) is 10.0. The molecule has 7 heteroatoms. The van der Waals surface area contributed by atoms with E-state index in [1.54, 1.807) is 0 Å².